The molecule has 24 heavy (non-hydrogen) atoms. The summed E-state index contributed by atoms with van der Waals surface area (Å²) >= 11 is 0. The molecule has 0 saturated carbocycles. The molecule has 1 aliphatic rings. The van der Waals surface area contributed by atoms with Gasteiger partial charge in [-0.15, -0.1) is 0 Å². The van der Waals surface area contributed by atoms with E-state index >= 15 is 0 Å². The number of hydrogen-bond donors (Lipinski definition) is 2. The summed E-state index contributed by atoms with van der Waals surface area (Å²) in [4.78, 5) is 2.16. The Bertz CT molecular complexity index is 532. The van der Waals surface area contributed by atoms with E-state index in [0.29, 0.717) is 18.0 Å². The first-order valence-corrected chi connectivity index (χ1v) is 8.64. The average molecular weight is 335 g/mol. The van der Waals surface area contributed by atoms with Crippen molar-refractivity contribution in [2.45, 2.75) is 38.3 Å². The second-order valence-electron chi connectivity index (χ2n) is 6.20. The molecule has 0 spiro atoms. The first-order chi connectivity index (χ1) is 11.7. The van der Waals surface area contributed by atoms with Gasteiger partial charge in [0.25, 0.3) is 0 Å². The summed E-state index contributed by atoms with van der Waals surface area (Å²) in [5.74, 6) is 1.28. The Kier molecular flexibility index (Phi) is 7.56. The fraction of sp³-hybridized carbons (Fsp3) is 0.579. The maximum absolute atomic E-state index is 10.3. The SMILES string of the molecule is CC=Cc1ccc(OCC(O)CN2CCCCC2CO)c(OC)c1. The third-order valence-electron chi connectivity index (χ3n) is 4.38. The van der Waals surface area contributed by atoms with Crippen LogP contribution < -0.4 is 9.47 Å². The lowest BCUT2D eigenvalue weighted by molar-refractivity contribution is 0.0228. The minimum absolute atomic E-state index is 0.147. The van der Waals surface area contributed by atoms with Gasteiger partial charge in [0.05, 0.1) is 13.7 Å². The lowest BCUT2D eigenvalue weighted by atomic mass is 10.0. The Hall–Kier alpha value is -1.56. The number of rotatable bonds is 8. The molecule has 0 bridgehead atoms. The fourth-order valence-electron chi connectivity index (χ4n) is 3.12. The molecule has 1 aromatic rings. The summed E-state index contributed by atoms with van der Waals surface area (Å²) in [5.41, 5.74) is 1.04. The molecule has 2 atom stereocenters. The molecule has 2 N–H and O–H groups in total. The van der Waals surface area contributed by atoms with Crippen LogP contribution in [0.3, 0.4) is 0 Å². The van der Waals surface area contributed by atoms with Crippen molar-refractivity contribution in [3.05, 3.63) is 29.8 Å². The molecule has 0 radical (unpaired) electrons. The van der Waals surface area contributed by atoms with E-state index < -0.39 is 6.10 Å². The first-order valence-electron chi connectivity index (χ1n) is 8.64. The number of allylic oxidation sites excluding steroid dienone is 1. The summed E-state index contributed by atoms with van der Waals surface area (Å²) in [6.45, 7) is 3.75. The monoisotopic (exact) mass is 335 g/mol. The Balaban J connectivity index is 1.90. The van der Waals surface area contributed by atoms with Crippen LogP contribution in [0.4, 0.5) is 0 Å². The van der Waals surface area contributed by atoms with Gasteiger partial charge in [-0.25, -0.2) is 0 Å². The molecule has 2 rings (SSSR count). The van der Waals surface area contributed by atoms with Crippen LogP contribution in [0.2, 0.25) is 0 Å². The second kappa shape index (κ2) is 9.67. The van der Waals surface area contributed by atoms with Crippen molar-refractivity contribution >= 4 is 6.08 Å². The van der Waals surface area contributed by atoms with Crippen LogP contribution in [-0.4, -0.2) is 60.7 Å². The van der Waals surface area contributed by atoms with Gasteiger partial charge in [0.2, 0.25) is 0 Å². The van der Waals surface area contributed by atoms with E-state index in [1.165, 1.54) is 0 Å². The van der Waals surface area contributed by atoms with Gasteiger partial charge in [-0.3, -0.25) is 4.90 Å². The Labute approximate surface area is 144 Å². The van der Waals surface area contributed by atoms with Gasteiger partial charge >= 0.3 is 0 Å². The molecule has 1 saturated heterocycles. The van der Waals surface area contributed by atoms with Crippen molar-refractivity contribution in [3.63, 3.8) is 0 Å². The molecule has 5 heteroatoms. The molecule has 1 heterocycles. The van der Waals surface area contributed by atoms with Gasteiger partial charge in [-0.2, -0.15) is 0 Å². The molecule has 1 aromatic carbocycles. The van der Waals surface area contributed by atoms with E-state index in [9.17, 15) is 10.2 Å². The largest absolute Gasteiger partial charge is 0.493 e. The van der Waals surface area contributed by atoms with Crippen LogP contribution in [0.5, 0.6) is 11.5 Å². The number of aliphatic hydroxyl groups is 2. The van der Waals surface area contributed by atoms with E-state index in [1.54, 1.807) is 7.11 Å². The molecular formula is C19H29NO4. The fourth-order valence-corrected chi connectivity index (χ4v) is 3.12. The Morgan fingerprint density at radius 2 is 2.17 bits per heavy atom. The van der Waals surface area contributed by atoms with E-state index in [4.69, 9.17) is 9.47 Å². The number of nitrogens with zero attached hydrogens (tertiary/aromatic N) is 1. The quantitative estimate of drug-likeness (QED) is 0.763. The molecular weight excluding hydrogens is 306 g/mol. The molecule has 0 amide bonds. The van der Waals surface area contributed by atoms with E-state index in [-0.39, 0.29) is 19.3 Å². The number of piperidine rings is 1. The lowest BCUT2D eigenvalue weighted by Crippen LogP contribution is -2.46. The molecule has 134 valence electrons. The van der Waals surface area contributed by atoms with E-state index in [0.717, 1.165) is 31.4 Å². The third kappa shape index (κ3) is 5.23. The van der Waals surface area contributed by atoms with Crippen molar-refractivity contribution in [2.75, 3.05) is 33.4 Å². The van der Waals surface area contributed by atoms with Gasteiger partial charge in [-0.1, -0.05) is 24.6 Å². The zero-order valence-corrected chi connectivity index (χ0v) is 14.6. The molecule has 0 aliphatic carbocycles. The Morgan fingerprint density at radius 1 is 1.33 bits per heavy atom. The molecule has 2 unspecified atom stereocenters. The maximum Gasteiger partial charge on any atom is 0.161 e. The van der Waals surface area contributed by atoms with E-state index in [1.807, 2.05) is 37.3 Å². The predicted molar refractivity (Wildman–Crippen MR) is 95.5 cm³/mol. The van der Waals surface area contributed by atoms with Crippen LogP contribution in [0.1, 0.15) is 31.7 Å². The summed E-state index contributed by atoms with van der Waals surface area (Å²) in [6, 6.07) is 5.88. The number of ether oxygens (including phenoxy) is 2. The second-order valence-corrected chi connectivity index (χ2v) is 6.20. The van der Waals surface area contributed by atoms with Crippen LogP contribution in [0.15, 0.2) is 24.3 Å². The summed E-state index contributed by atoms with van der Waals surface area (Å²) < 4.78 is 11.1. The van der Waals surface area contributed by atoms with Crippen molar-refractivity contribution in [1.82, 2.24) is 4.90 Å². The van der Waals surface area contributed by atoms with Crippen LogP contribution >= 0.6 is 0 Å². The summed E-state index contributed by atoms with van der Waals surface area (Å²) in [7, 11) is 1.61. The van der Waals surface area contributed by atoms with Gasteiger partial charge in [-0.05, 0) is 44.0 Å². The number of methoxy groups -OCH3 is 1. The highest BCUT2D eigenvalue weighted by atomic mass is 16.5. The maximum atomic E-state index is 10.3. The minimum atomic E-state index is -0.600. The zero-order chi connectivity index (χ0) is 17.4. The lowest BCUT2D eigenvalue weighted by Gasteiger charge is -2.35. The number of likely N-dealkylation sites (tertiary alicyclic amines) is 1. The standard InChI is InChI=1S/C19H29NO4/c1-3-6-15-8-9-18(19(11-15)23-2)24-14-17(22)12-20-10-5-4-7-16(20)13-21/h3,6,8-9,11,16-17,21-22H,4-5,7,10,12-14H2,1-2H3. The highest BCUT2D eigenvalue weighted by Crippen LogP contribution is 2.28. The van der Waals surface area contributed by atoms with Gasteiger partial charge in [0.1, 0.15) is 12.7 Å². The predicted octanol–water partition coefficient (Wildman–Crippen LogP) is 2.31. The number of hydrogen-bond acceptors (Lipinski definition) is 5. The average Bonchev–Trinajstić information content (AvgIpc) is 2.61. The van der Waals surface area contributed by atoms with E-state index in [2.05, 4.69) is 4.90 Å². The third-order valence-corrected chi connectivity index (χ3v) is 4.38. The molecule has 1 fully saturated rings. The van der Waals surface area contributed by atoms with Crippen LogP contribution in [0.25, 0.3) is 6.08 Å². The smallest absolute Gasteiger partial charge is 0.161 e. The zero-order valence-electron chi connectivity index (χ0n) is 14.6. The Morgan fingerprint density at radius 3 is 2.88 bits per heavy atom. The summed E-state index contributed by atoms with van der Waals surface area (Å²) in [6.07, 6.45) is 6.61. The topological polar surface area (TPSA) is 62.2 Å². The highest BCUT2D eigenvalue weighted by molar-refractivity contribution is 5.55. The van der Waals surface area contributed by atoms with Crippen LogP contribution in [-0.2, 0) is 0 Å². The van der Waals surface area contributed by atoms with Crippen molar-refractivity contribution in [3.8, 4) is 11.5 Å². The van der Waals surface area contributed by atoms with Gasteiger partial charge in [0, 0.05) is 12.6 Å². The van der Waals surface area contributed by atoms with Crippen LogP contribution in [0, 0.1) is 0 Å². The number of β-amino-alcohol motifs (C(OH)–C–C–N with tert-alkyl or cyclic N) is 1. The number of benzene rings is 1. The minimum Gasteiger partial charge on any atom is -0.493 e. The van der Waals surface area contributed by atoms with Crippen molar-refractivity contribution in [2.24, 2.45) is 0 Å². The van der Waals surface area contributed by atoms with Gasteiger partial charge < -0.3 is 19.7 Å². The van der Waals surface area contributed by atoms with Crippen molar-refractivity contribution in [1.29, 1.82) is 0 Å². The highest BCUT2D eigenvalue weighted by Gasteiger charge is 2.24. The van der Waals surface area contributed by atoms with Gasteiger partial charge in [0.15, 0.2) is 11.5 Å². The number of aliphatic hydroxyl groups excluding tert-OH is 2. The molecule has 5 nitrogen and oxygen atoms in total. The van der Waals surface area contributed by atoms with Crippen molar-refractivity contribution < 1.29 is 19.7 Å². The molecule has 1 aliphatic heterocycles. The summed E-state index contributed by atoms with van der Waals surface area (Å²) in [5, 5.41) is 19.7. The molecule has 0 aromatic heterocycles. The normalized spacial score (nSPS) is 20.2. The first kappa shape index (κ1) is 18.8.